The number of rotatable bonds is 9. The van der Waals surface area contributed by atoms with Gasteiger partial charge >= 0.3 is 0 Å². The lowest BCUT2D eigenvalue weighted by Crippen LogP contribution is -2.41. The zero-order chi connectivity index (χ0) is 24.7. The van der Waals surface area contributed by atoms with Crippen molar-refractivity contribution in [2.24, 2.45) is 5.92 Å². The Balaban J connectivity index is 1.63. The topological polar surface area (TPSA) is 114 Å². The van der Waals surface area contributed by atoms with Crippen LogP contribution < -0.4 is 20.3 Å². The number of benzene rings is 2. The summed E-state index contributed by atoms with van der Waals surface area (Å²) < 4.78 is 38.0. The number of nitrogens with one attached hydrogen (secondary N) is 2. The summed E-state index contributed by atoms with van der Waals surface area (Å²) in [7, 11) is -2.17. The maximum atomic E-state index is 12.7. The quantitative estimate of drug-likeness (QED) is 0.524. The number of sulfonamides is 1. The highest BCUT2D eigenvalue weighted by atomic mass is 32.2. The molecule has 0 spiro atoms. The zero-order valence-corrected chi connectivity index (χ0v) is 20.5. The number of carbonyl (C=O) groups is 2. The summed E-state index contributed by atoms with van der Waals surface area (Å²) in [6, 6.07) is 10.5. The Morgan fingerprint density at radius 1 is 0.971 bits per heavy atom. The average Bonchev–Trinajstić information content (AvgIpc) is 3.38. The maximum Gasteiger partial charge on any atom is 0.269 e. The van der Waals surface area contributed by atoms with E-state index >= 15 is 0 Å². The molecule has 3 rings (SSSR count). The first-order valence-electron chi connectivity index (χ1n) is 11.2. The number of methoxy groups -OCH3 is 1. The number of nitrogens with zero attached hydrogens (tertiary/aromatic N) is 1. The summed E-state index contributed by atoms with van der Waals surface area (Å²) >= 11 is 0. The van der Waals surface area contributed by atoms with Gasteiger partial charge in [-0.2, -0.15) is 4.31 Å². The minimum atomic E-state index is -3.65. The van der Waals surface area contributed by atoms with E-state index in [1.54, 1.807) is 12.1 Å². The number of hydrazine groups is 1. The molecule has 2 N–H and O–H groups in total. The van der Waals surface area contributed by atoms with Crippen LogP contribution >= 0.6 is 0 Å². The Kier molecular flexibility index (Phi) is 8.51. The smallest absolute Gasteiger partial charge is 0.269 e. The van der Waals surface area contributed by atoms with Crippen LogP contribution in [0.2, 0.25) is 0 Å². The summed E-state index contributed by atoms with van der Waals surface area (Å²) in [4.78, 5) is 25.1. The van der Waals surface area contributed by atoms with Gasteiger partial charge in [-0.1, -0.05) is 19.9 Å². The van der Waals surface area contributed by atoms with E-state index in [4.69, 9.17) is 9.47 Å². The normalized spacial score (nSPS) is 14.1. The molecule has 10 heteroatoms. The average molecular weight is 490 g/mol. The van der Waals surface area contributed by atoms with Crippen molar-refractivity contribution in [3.8, 4) is 11.5 Å². The molecule has 2 amide bonds. The molecule has 1 saturated heterocycles. The Bertz CT molecular complexity index is 1130. The second-order valence-electron chi connectivity index (χ2n) is 8.44. The molecule has 0 unspecified atom stereocenters. The number of carbonyl (C=O) groups excluding carboxylic acids is 2. The number of ether oxygens (including phenoxy) is 2. The van der Waals surface area contributed by atoms with Crippen molar-refractivity contribution in [1.82, 2.24) is 15.2 Å². The van der Waals surface area contributed by atoms with E-state index in [0.717, 1.165) is 19.3 Å². The van der Waals surface area contributed by atoms with E-state index in [-0.39, 0.29) is 16.0 Å². The van der Waals surface area contributed by atoms with Crippen LogP contribution in [0, 0.1) is 5.92 Å². The van der Waals surface area contributed by atoms with E-state index in [1.165, 1.54) is 41.7 Å². The second-order valence-corrected chi connectivity index (χ2v) is 10.4. The first-order valence-corrected chi connectivity index (χ1v) is 12.7. The van der Waals surface area contributed by atoms with Crippen molar-refractivity contribution in [3.63, 3.8) is 0 Å². The Morgan fingerprint density at radius 2 is 1.62 bits per heavy atom. The molecule has 34 heavy (non-hydrogen) atoms. The van der Waals surface area contributed by atoms with E-state index < -0.39 is 21.8 Å². The Hall–Kier alpha value is -3.11. The number of hydrogen-bond donors (Lipinski definition) is 2. The minimum absolute atomic E-state index is 0.0474. The lowest BCUT2D eigenvalue weighted by atomic mass is 10.1. The summed E-state index contributed by atoms with van der Waals surface area (Å²) in [6.45, 7) is 5.68. The fourth-order valence-electron chi connectivity index (χ4n) is 3.47. The minimum Gasteiger partial charge on any atom is -0.493 e. The van der Waals surface area contributed by atoms with Gasteiger partial charge in [-0.3, -0.25) is 20.4 Å². The molecule has 0 saturated carbocycles. The van der Waals surface area contributed by atoms with Crippen LogP contribution in [0.5, 0.6) is 11.5 Å². The third-order valence-corrected chi connectivity index (χ3v) is 7.36. The first kappa shape index (κ1) is 25.5. The van der Waals surface area contributed by atoms with Gasteiger partial charge in [0.25, 0.3) is 11.8 Å². The second kappa shape index (κ2) is 11.3. The molecule has 2 aromatic rings. The largest absolute Gasteiger partial charge is 0.493 e. The molecule has 0 radical (unpaired) electrons. The molecule has 9 nitrogen and oxygen atoms in total. The molecular weight excluding hydrogens is 458 g/mol. The van der Waals surface area contributed by atoms with Gasteiger partial charge in [0, 0.05) is 24.2 Å². The van der Waals surface area contributed by atoms with Crippen LogP contribution in [0.1, 0.15) is 53.8 Å². The molecule has 1 aliphatic rings. The van der Waals surface area contributed by atoms with Gasteiger partial charge in [0.15, 0.2) is 11.5 Å². The summed E-state index contributed by atoms with van der Waals surface area (Å²) in [5.41, 5.74) is 5.05. The molecule has 0 aromatic heterocycles. The fourth-order valence-corrected chi connectivity index (χ4v) is 5.03. The van der Waals surface area contributed by atoms with Gasteiger partial charge in [-0.25, -0.2) is 8.42 Å². The van der Waals surface area contributed by atoms with Crippen LogP contribution in [0.4, 0.5) is 0 Å². The van der Waals surface area contributed by atoms with E-state index in [2.05, 4.69) is 24.7 Å². The zero-order valence-electron chi connectivity index (χ0n) is 19.7. The predicted octanol–water partition coefficient (Wildman–Crippen LogP) is 2.98. The van der Waals surface area contributed by atoms with Crippen molar-refractivity contribution in [2.45, 2.75) is 38.0 Å². The highest BCUT2D eigenvalue weighted by molar-refractivity contribution is 7.89. The van der Waals surface area contributed by atoms with Gasteiger partial charge in [-0.15, -0.1) is 0 Å². The number of hydrogen-bond acceptors (Lipinski definition) is 6. The molecule has 1 heterocycles. The molecule has 0 atom stereocenters. The van der Waals surface area contributed by atoms with Crippen LogP contribution in [0.15, 0.2) is 47.4 Å². The lowest BCUT2D eigenvalue weighted by molar-refractivity contribution is 0.0846. The molecular formula is C24H31N3O6S. The first-order chi connectivity index (χ1) is 16.2. The van der Waals surface area contributed by atoms with Crippen molar-refractivity contribution >= 4 is 21.8 Å². The molecule has 184 valence electrons. The predicted molar refractivity (Wildman–Crippen MR) is 127 cm³/mol. The SMILES string of the molecule is COc1cc(C(=O)NNC(=O)c2cccc(S(=O)(=O)N3CCCC3)c2)ccc1OCCC(C)C. The fraction of sp³-hybridized carbons (Fsp3) is 0.417. The summed E-state index contributed by atoms with van der Waals surface area (Å²) in [5, 5.41) is 0. The van der Waals surface area contributed by atoms with Crippen molar-refractivity contribution < 1.29 is 27.5 Å². The number of amides is 2. The van der Waals surface area contributed by atoms with Crippen molar-refractivity contribution in [1.29, 1.82) is 0 Å². The van der Waals surface area contributed by atoms with Gasteiger partial charge in [-0.05, 0) is 61.6 Å². The summed E-state index contributed by atoms with van der Waals surface area (Å²) in [5.74, 6) is 0.247. The van der Waals surface area contributed by atoms with E-state index in [9.17, 15) is 18.0 Å². The van der Waals surface area contributed by atoms with Crippen LogP contribution in [-0.2, 0) is 10.0 Å². The molecule has 1 aliphatic heterocycles. The van der Waals surface area contributed by atoms with Crippen molar-refractivity contribution in [2.75, 3.05) is 26.8 Å². The Labute approximate surface area is 200 Å². The third kappa shape index (κ3) is 6.27. The van der Waals surface area contributed by atoms with E-state index in [1.807, 2.05) is 0 Å². The lowest BCUT2D eigenvalue weighted by Gasteiger charge is -2.16. The standard InChI is InChI=1S/C24H31N3O6S/c1-17(2)11-14-33-21-10-9-19(16-22(21)32-3)24(29)26-25-23(28)18-7-6-8-20(15-18)34(30,31)27-12-4-5-13-27/h6-10,15-17H,4-5,11-14H2,1-3H3,(H,25,28)(H,26,29). The highest BCUT2D eigenvalue weighted by Crippen LogP contribution is 2.28. The maximum absolute atomic E-state index is 12.7. The Morgan fingerprint density at radius 3 is 2.24 bits per heavy atom. The molecule has 0 bridgehead atoms. The van der Waals surface area contributed by atoms with Crippen LogP contribution in [0.25, 0.3) is 0 Å². The van der Waals surface area contributed by atoms with Gasteiger partial charge in [0.1, 0.15) is 0 Å². The molecule has 1 fully saturated rings. The van der Waals surface area contributed by atoms with E-state index in [0.29, 0.717) is 37.1 Å². The van der Waals surface area contributed by atoms with Gasteiger partial charge < -0.3 is 9.47 Å². The highest BCUT2D eigenvalue weighted by Gasteiger charge is 2.27. The van der Waals surface area contributed by atoms with Gasteiger partial charge in [0.2, 0.25) is 10.0 Å². The third-order valence-electron chi connectivity index (χ3n) is 5.47. The van der Waals surface area contributed by atoms with Gasteiger partial charge in [0.05, 0.1) is 18.6 Å². The van der Waals surface area contributed by atoms with Crippen LogP contribution in [0.3, 0.4) is 0 Å². The van der Waals surface area contributed by atoms with Crippen molar-refractivity contribution in [3.05, 3.63) is 53.6 Å². The summed E-state index contributed by atoms with van der Waals surface area (Å²) in [6.07, 6.45) is 2.53. The van der Waals surface area contributed by atoms with Crippen LogP contribution in [-0.4, -0.2) is 51.3 Å². The monoisotopic (exact) mass is 489 g/mol. The molecule has 2 aromatic carbocycles. The molecule has 0 aliphatic carbocycles.